The van der Waals surface area contributed by atoms with Crippen LogP contribution in [0.3, 0.4) is 0 Å². The molecule has 0 bridgehead atoms. The summed E-state index contributed by atoms with van der Waals surface area (Å²) < 4.78 is 7.97. The molecule has 0 saturated carbocycles. The van der Waals surface area contributed by atoms with E-state index < -0.39 is 0 Å². The van der Waals surface area contributed by atoms with Crippen molar-refractivity contribution in [2.24, 2.45) is 0 Å². The quantitative estimate of drug-likeness (QED) is 0.805. The van der Waals surface area contributed by atoms with Gasteiger partial charge in [-0.15, -0.1) is 0 Å². The first-order chi connectivity index (χ1) is 9.22. The fourth-order valence-corrected chi connectivity index (χ4v) is 2.31. The maximum absolute atomic E-state index is 9.18. The van der Waals surface area contributed by atoms with Crippen molar-refractivity contribution in [3.63, 3.8) is 0 Å². The summed E-state index contributed by atoms with van der Waals surface area (Å²) in [5.41, 5.74) is 1.99. The van der Waals surface area contributed by atoms with E-state index in [-0.39, 0.29) is 5.88 Å². The standard InChI is InChI=1S/C13H10BrN3O2/c14-11-5-9(12-6-13(18)16-19-12)1-2-10(11)7-17-4-3-15-8-17/h1-6,8H,7H2,(H,16,18). The van der Waals surface area contributed by atoms with Crippen molar-refractivity contribution in [2.75, 3.05) is 0 Å². The number of hydrogen-bond donors (Lipinski definition) is 1. The van der Waals surface area contributed by atoms with Gasteiger partial charge >= 0.3 is 0 Å². The highest BCUT2D eigenvalue weighted by molar-refractivity contribution is 9.10. The lowest BCUT2D eigenvalue weighted by Gasteiger charge is -2.06. The van der Waals surface area contributed by atoms with Crippen molar-refractivity contribution in [3.05, 3.63) is 53.0 Å². The van der Waals surface area contributed by atoms with Gasteiger partial charge in [-0.2, -0.15) is 0 Å². The largest absolute Gasteiger partial charge is 0.491 e. The molecule has 2 aromatic heterocycles. The third-order valence-electron chi connectivity index (χ3n) is 2.75. The van der Waals surface area contributed by atoms with E-state index in [9.17, 15) is 5.11 Å². The molecule has 0 saturated heterocycles. The van der Waals surface area contributed by atoms with Crippen molar-refractivity contribution in [1.29, 1.82) is 0 Å². The summed E-state index contributed by atoms with van der Waals surface area (Å²) in [6, 6.07) is 7.35. The van der Waals surface area contributed by atoms with E-state index in [1.54, 1.807) is 12.5 Å². The average molecular weight is 320 g/mol. The molecule has 0 aliphatic carbocycles. The van der Waals surface area contributed by atoms with Gasteiger partial charge in [0.2, 0.25) is 0 Å². The molecule has 19 heavy (non-hydrogen) atoms. The molecule has 0 unspecified atom stereocenters. The van der Waals surface area contributed by atoms with Crippen LogP contribution < -0.4 is 0 Å². The van der Waals surface area contributed by atoms with E-state index in [0.29, 0.717) is 5.76 Å². The molecule has 6 heteroatoms. The van der Waals surface area contributed by atoms with E-state index in [2.05, 4.69) is 26.1 Å². The van der Waals surface area contributed by atoms with Crippen molar-refractivity contribution in [1.82, 2.24) is 14.7 Å². The van der Waals surface area contributed by atoms with Crippen molar-refractivity contribution >= 4 is 15.9 Å². The number of nitrogens with zero attached hydrogens (tertiary/aromatic N) is 3. The Bertz CT molecular complexity index is 692. The van der Waals surface area contributed by atoms with Gasteiger partial charge in [0.1, 0.15) is 0 Å². The van der Waals surface area contributed by atoms with Gasteiger partial charge in [0.15, 0.2) is 5.76 Å². The highest BCUT2D eigenvalue weighted by Crippen LogP contribution is 2.28. The Morgan fingerprint density at radius 1 is 1.32 bits per heavy atom. The molecular weight excluding hydrogens is 310 g/mol. The van der Waals surface area contributed by atoms with E-state index in [1.165, 1.54) is 6.07 Å². The SMILES string of the molecule is Oc1cc(-c2ccc(Cn3ccnc3)c(Br)c2)on1. The average Bonchev–Trinajstić information content (AvgIpc) is 3.03. The van der Waals surface area contributed by atoms with Crippen LogP contribution in [0.4, 0.5) is 0 Å². The summed E-state index contributed by atoms with van der Waals surface area (Å²) in [6.45, 7) is 0.739. The van der Waals surface area contributed by atoms with Crippen LogP contribution >= 0.6 is 15.9 Å². The van der Waals surface area contributed by atoms with E-state index in [1.807, 2.05) is 29.0 Å². The van der Waals surface area contributed by atoms with Crippen LogP contribution in [0.5, 0.6) is 5.88 Å². The third kappa shape index (κ3) is 2.53. The van der Waals surface area contributed by atoms with Gasteiger partial charge < -0.3 is 14.2 Å². The minimum atomic E-state index is -0.117. The van der Waals surface area contributed by atoms with Crippen LogP contribution in [0.15, 0.2) is 52.0 Å². The molecule has 0 aliphatic heterocycles. The minimum absolute atomic E-state index is 0.117. The Labute approximate surface area is 117 Å². The number of aromatic hydroxyl groups is 1. The van der Waals surface area contributed by atoms with Crippen LogP contribution in [-0.4, -0.2) is 19.8 Å². The zero-order valence-corrected chi connectivity index (χ0v) is 11.4. The number of benzene rings is 1. The van der Waals surface area contributed by atoms with Gasteiger partial charge in [0, 0.05) is 35.0 Å². The number of hydrogen-bond acceptors (Lipinski definition) is 4. The topological polar surface area (TPSA) is 64.1 Å². The first kappa shape index (κ1) is 12.0. The lowest BCUT2D eigenvalue weighted by atomic mass is 10.1. The number of aromatic nitrogens is 3. The predicted molar refractivity (Wildman–Crippen MR) is 72.6 cm³/mol. The Hall–Kier alpha value is -2.08. The van der Waals surface area contributed by atoms with Crippen LogP contribution in [0.1, 0.15) is 5.56 Å². The molecule has 3 rings (SSSR count). The van der Waals surface area contributed by atoms with Crippen molar-refractivity contribution in [2.45, 2.75) is 6.54 Å². The Morgan fingerprint density at radius 3 is 2.84 bits per heavy atom. The molecule has 0 fully saturated rings. The highest BCUT2D eigenvalue weighted by Gasteiger charge is 2.08. The molecule has 0 aliphatic rings. The molecule has 0 amide bonds. The van der Waals surface area contributed by atoms with Gasteiger partial charge in [-0.05, 0) is 16.8 Å². The van der Waals surface area contributed by atoms with E-state index in [0.717, 1.165) is 22.1 Å². The van der Waals surface area contributed by atoms with Gasteiger partial charge in [0.25, 0.3) is 5.88 Å². The second-order valence-corrected chi connectivity index (χ2v) is 4.94. The van der Waals surface area contributed by atoms with Crippen molar-refractivity contribution in [3.8, 4) is 17.2 Å². The van der Waals surface area contributed by atoms with Gasteiger partial charge in [-0.25, -0.2) is 4.98 Å². The van der Waals surface area contributed by atoms with E-state index >= 15 is 0 Å². The summed E-state index contributed by atoms with van der Waals surface area (Å²) in [5.74, 6) is 0.418. The van der Waals surface area contributed by atoms with Crippen LogP contribution in [-0.2, 0) is 6.54 Å². The van der Waals surface area contributed by atoms with E-state index in [4.69, 9.17) is 4.52 Å². The number of rotatable bonds is 3. The summed E-state index contributed by atoms with van der Waals surface area (Å²) in [4.78, 5) is 4.01. The minimum Gasteiger partial charge on any atom is -0.491 e. The zero-order valence-electron chi connectivity index (χ0n) is 9.82. The van der Waals surface area contributed by atoms with Crippen LogP contribution in [0.2, 0.25) is 0 Å². The van der Waals surface area contributed by atoms with Crippen LogP contribution in [0.25, 0.3) is 11.3 Å². The maximum atomic E-state index is 9.18. The Morgan fingerprint density at radius 2 is 2.21 bits per heavy atom. The second-order valence-electron chi connectivity index (χ2n) is 4.09. The Kier molecular flexibility index (Phi) is 3.08. The first-order valence-electron chi connectivity index (χ1n) is 5.62. The van der Waals surface area contributed by atoms with Crippen molar-refractivity contribution < 1.29 is 9.63 Å². The molecule has 96 valence electrons. The lowest BCUT2D eigenvalue weighted by molar-refractivity contribution is 0.365. The second kappa shape index (κ2) is 4.89. The van der Waals surface area contributed by atoms with Crippen LogP contribution in [0, 0.1) is 0 Å². The highest BCUT2D eigenvalue weighted by atomic mass is 79.9. The first-order valence-corrected chi connectivity index (χ1v) is 6.42. The Balaban J connectivity index is 1.89. The molecular formula is C13H10BrN3O2. The lowest BCUT2D eigenvalue weighted by Crippen LogP contribution is -1.97. The van der Waals surface area contributed by atoms with Gasteiger partial charge in [-0.3, -0.25) is 0 Å². The number of imidazole rings is 1. The summed E-state index contributed by atoms with van der Waals surface area (Å²) in [5, 5.41) is 12.6. The summed E-state index contributed by atoms with van der Waals surface area (Å²) >= 11 is 3.54. The smallest absolute Gasteiger partial charge is 0.252 e. The summed E-state index contributed by atoms with van der Waals surface area (Å²) in [7, 11) is 0. The molecule has 2 heterocycles. The molecule has 0 atom stereocenters. The predicted octanol–water partition coefficient (Wildman–Crippen LogP) is 3.05. The fourth-order valence-electron chi connectivity index (χ4n) is 1.81. The molecule has 0 spiro atoms. The third-order valence-corrected chi connectivity index (χ3v) is 3.49. The monoisotopic (exact) mass is 319 g/mol. The normalized spacial score (nSPS) is 10.8. The molecule has 5 nitrogen and oxygen atoms in total. The molecule has 1 aromatic carbocycles. The van der Waals surface area contributed by atoms with Gasteiger partial charge in [-0.1, -0.05) is 28.1 Å². The summed E-state index contributed by atoms with van der Waals surface area (Å²) in [6.07, 6.45) is 5.43. The molecule has 0 radical (unpaired) electrons. The number of halogens is 1. The van der Waals surface area contributed by atoms with Gasteiger partial charge in [0.05, 0.1) is 6.33 Å². The molecule has 1 N–H and O–H groups in total. The maximum Gasteiger partial charge on any atom is 0.252 e. The zero-order chi connectivity index (χ0) is 13.2. The molecule has 3 aromatic rings. The fraction of sp³-hybridized carbons (Fsp3) is 0.0769.